The highest BCUT2D eigenvalue weighted by Gasteiger charge is 2.19. The fourth-order valence-electron chi connectivity index (χ4n) is 2.60. The molecule has 0 radical (unpaired) electrons. The van der Waals surface area contributed by atoms with Gasteiger partial charge in [0.25, 0.3) is 5.91 Å². The van der Waals surface area contributed by atoms with Crippen LogP contribution >= 0.6 is 15.9 Å². The molecule has 1 heterocycles. The molecule has 0 saturated heterocycles. The van der Waals surface area contributed by atoms with Gasteiger partial charge in [-0.3, -0.25) is 4.79 Å². The van der Waals surface area contributed by atoms with Crippen LogP contribution in [0, 0.1) is 0 Å². The van der Waals surface area contributed by atoms with E-state index in [1.807, 2.05) is 18.2 Å². The van der Waals surface area contributed by atoms with E-state index in [9.17, 15) is 13.2 Å². The topological polar surface area (TPSA) is 85.6 Å². The third kappa shape index (κ3) is 4.82. The SMILES string of the molecule is COc1ccccc1CNC(=O)c1ccc(CS(=O)(=O)c2ccc(Br)cc2)o1. The molecule has 0 spiro atoms. The van der Waals surface area contributed by atoms with E-state index in [0.29, 0.717) is 5.75 Å². The maximum atomic E-state index is 12.5. The van der Waals surface area contributed by atoms with E-state index >= 15 is 0 Å². The van der Waals surface area contributed by atoms with Crippen molar-refractivity contribution in [2.75, 3.05) is 7.11 Å². The summed E-state index contributed by atoms with van der Waals surface area (Å²) in [4.78, 5) is 12.5. The number of sulfone groups is 1. The van der Waals surface area contributed by atoms with Crippen LogP contribution in [0.25, 0.3) is 0 Å². The van der Waals surface area contributed by atoms with Crippen molar-refractivity contribution in [3.63, 3.8) is 0 Å². The fraction of sp³-hybridized carbons (Fsp3) is 0.150. The summed E-state index contributed by atoms with van der Waals surface area (Å²) in [6.45, 7) is 0.260. The van der Waals surface area contributed by atoms with Crippen LogP contribution in [0.4, 0.5) is 0 Å². The number of halogens is 1. The molecule has 0 bridgehead atoms. The number of amides is 1. The van der Waals surface area contributed by atoms with Gasteiger partial charge < -0.3 is 14.5 Å². The number of ether oxygens (including phenoxy) is 1. The van der Waals surface area contributed by atoms with Crippen molar-refractivity contribution in [1.82, 2.24) is 5.32 Å². The summed E-state index contributed by atoms with van der Waals surface area (Å²) in [5, 5.41) is 2.74. The lowest BCUT2D eigenvalue weighted by atomic mass is 10.2. The van der Waals surface area contributed by atoms with Crippen molar-refractivity contribution >= 4 is 31.7 Å². The minimum Gasteiger partial charge on any atom is -0.496 e. The minimum atomic E-state index is -3.57. The third-order valence-corrected chi connectivity index (χ3v) is 6.21. The first kappa shape index (κ1) is 20.2. The van der Waals surface area contributed by atoms with Crippen LogP contribution in [0.1, 0.15) is 21.9 Å². The van der Waals surface area contributed by atoms with Crippen molar-refractivity contribution < 1.29 is 22.4 Å². The van der Waals surface area contributed by atoms with Gasteiger partial charge >= 0.3 is 0 Å². The van der Waals surface area contributed by atoms with E-state index in [1.54, 1.807) is 25.3 Å². The molecule has 0 fully saturated rings. The van der Waals surface area contributed by atoms with E-state index in [4.69, 9.17) is 9.15 Å². The Morgan fingerprint density at radius 2 is 1.79 bits per heavy atom. The Bertz CT molecular complexity index is 1070. The van der Waals surface area contributed by atoms with Gasteiger partial charge in [-0.05, 0) is 42.5 Å². The number of furan rings is 1. The Kier molecular flexibility index (Phi) is 6.21. The van der Waals surface area contributed by atoms with Crippen molar-refractivity contribution in [3.8, 4) is 5.75 Å². The number of hydrogen-bond donors (Lipinski definition) is 1. The normalized spacial score (nSPS) is 11.2. The molecule has 8 heteroatoms. The molecule has 2 aromatic carbocycles. The number of carbonyl (C=O) groups is 1. The maximum absolute atomic E-state index is 12.5. The van der Waals surface area contributed by atoms with Crippen LogP contribution in [-0.4, -0.2) is 21.4 Å². The van der Waals surface area contributed by atoms with Gasteiger partial charge in [0.15, 0.2) is 15.6 Å². The average Bonchev–Trinajstić information content (AvgIpc) is 3.14. The highest BCUT2D eigenvalue weighted by atomic mass is 79.9. The number of hydrogen-bond acceptors (Lipinski definition) is 5. The number of benzene rings is 2. The van der Waals surface area contributed by atoms with Crippen molar-refractivity contribution in [3.05, 3.63) is 82.2 Å². The number of nitrogens with one attached hydrogen (secondary N) is 1. The number of para-hydroxylation sites is 1. The number of rotatable bonds is 7. The summed E-state index contributed by atoms with van der Waals surface area (Å²) >= 11 is 3.27. The second-order valence-electron chi connectivity index (χ2n) is 5.97. The van der Waals surface area contributed by atoms with Crippen LogP contribution in [0.15, 0.2) is 74.4 Å². The van der Waals surface area contributed by atoms with E-state index in [-0.39, 0.29) is 28.7 Å². The highest BCUT2D eigenvalue weighted by molar-refractivity contribution is 9.10. The zero-order valence-electron chi connectivity index (χ0n) is 15.0. The monoisotopic (exact) mass is 463 g/mol. The summed E-state index contributed by atoms with van der Waals surface area (Å²) in [5.74, 6) is 0.164. The van der Waals surface area contributed by atoms with Gasteiger partial charge in [0.1, 0.15) is 17.3 Å². The molecule has 146 valence electrons. The van der Waals surface area contributed by atoms with Crippen LogP contribution in [-0.2, 0) is 22.1 Å². The quantitative estimate of drug-likeness (QED) is 0.572. The van der Waals surface area contributed by atoms with E-state index in [1.165, 1.54) is 24.3 Å². The zero-order chi connectivity index (χ0) is 20.1. The number of methoxy groups -OCH3 is 1. The summed E-state index contributed by atoms with van der Waals surface area (Å²) in [5.41, 5.74) is 0.822. The lowest BCUT2D eigenvalue weighted by Gasteiger charge is -2.08. The molecule has 0 aliphatic rings. The Morgan fingerprint density at radius 3 is 2.50 bits per heavy atom. The molecule has 1 N–H and O–H groups in total. The molecule has 0 unspecified atom stereocenters. The molecule has 0 aliphatic heterocycles. The largest absolute Gasteiger partial charge is 0.496 e. The van der Waals surface area contributed by atoms with Gasteiger partial charge in [-0.25, -0.2) is 8.42 Å². The fourth-order valence-corrected chi connectivity index (χ4v) is 4.11. The Morgan fingerprint density at radius 1 is 1.07 bits per heavy atom. The first-order valence-electron chi connectivity index (χ1n) is 8.36. The maximum Gasteiger partial charge on any atom is 0.287 e. The molecule has 6 nitrogen and oxygen atoms in total. The molecular formula is C20H18BrNO5S. The Labute approximate surface area is 171 Å². The van der Waals surface area contributed by atoms with Crippen LogP contribution in [0.5, 0.6) is 5.75 Å². The molecule has 3 aromatic rings. The average molecular weight is 464 g/mol. The van der Waals surface area contributed by atoms with Gasteiger partial charge in [0.05, 0.1) is 12.0 Å². The summed E-state index contributed by atoms with van der Waals surface area (Å²) in [6.07, 6.45) is 0. The molecule has 0 saturated carbocycles. The smallest absolute Gasteiger partial charge is 0.287 e. The lowest BCUT2D eigenvalue weighted by Crippen LogP contribution is -2.22. The van der Waals surface area contributed by atoms with Crippen LogP contribution in [0.2, 0.25) is 0 Å². The summed E-state index contributed by atoms with van der Waals surface area (Å²) in [6, 6.07) is 16.6. The van der Waals surface area contributed by atoms with Gasteiger partial charge in [0.2, 0.25) is 0 Å². The molecule has 1 aromatic heterocycles. The lowest BCUT2D eigenvalue weighted by molar-refractivity contribution is 0.0921. The van der Waals surface area contributed by atoms with Gasteiger partial charge in [-0.1, -0.05) is 34.1 Å². The van der Waals surface area contributed by atoms with E-state index in [2.05, 4.69) is 21.2 Å². The molecule has 28 heavy (non-hydrogen) atoms. The summed E-state index contributed by atoms with van der Waals surface area (Å²) < 4.78 is 36.4. The molecular weight excluding hydrogens is 446 g/mol. The zero-order valence-corrected chi connectivity index (χ0v) is 17.4. The Balaban J connectivity index is 1.66. The predicted octanol–water partition coefficient (Wildman–Crippen LogP) is 3.95. The second kappa shape index (κ2) is 8.62. The first-order chi connectivity index (χ1) is 13.4. The number of carbonyl (C=O) groups excluding carboxylic acids is 1. The highest BCUT2D eigenvalue weighted by Crippen LogP contribution is 2.21. The van der Waals surface area contributed by atoms with Crippen LogP contribution in [0.3, 0.4) is 0 Å². The van der Waals surface area contributed by atoms with Crippen LogP contribution < -0.4 is 10.1 Å². The standard InChI is InChI=1S/C20H18BrNO5S/c1-26-18-5-3-2-4-14(18)12-22-20(23)19-11-8-16(27-19)13-28(24,25)17-9-6-15(21)7-10-17/h2-11H,12-13H2,1H3,(H,22,23). The molecule has 0 aliphatic carbocycles. The van der Waals surface area contributed by atoms with Gasteiger partial charge in [0, 0.05) is 16.6 Å². The molecule has 0 atom stereocenters. The predicted molar refractivity (Wildman–Crippen MR) is 108 cm³/mol. The summed E-state index contributed by atoms with van der Waals surface area (Å²) in [7, 11) is -2.01. The van der Waals surface area contributed by atoms with Crippen molar-refractivity contribution in [2.45, 2.75) is 17.2 Å². The molecule has 3 rings (SSSR count). The van der Waals surface area contributed by atoms with Crippen molar-refractivity contribution in [2.24, 2.45) is 0 Å². The minimum absolute atomic E-state index is 0.0518. The Hall–Kier alpha value is -2.58. The van der Waals surface area contributed by atoms with Gasteiger partial charge in [-0.2, -0.15) is 0 Å². The third-order valence-electron chi connectivity index (χ3n) is 4.02. The van der Waals surface area contributed by atoms with E-state index < -0.39 is 15.7 Å². The van der Waals surface area contributed by atoms with Gasteiger partial charge in [-0.15, -0.1) is 0 Å². The second-order valence-corrected chi connectivity index (χ2v) is 8.88. The van der Waals surface area contributed by atoms with Crippen molar-refractivity contribution in [1.29, 1.82) is 0 Å². The molecule has 1 amide bonds. The van der Waals surface area contributed by atoms with E-state index in [0.717, 1.165) is 10.0 Å². The first-order valence-corrected chi connectivity index (χ1v) is 10.8.